The molecule has 0 radical (unpaired) electrons. The molecule has 1 N–H and O–H groups in total. The highest BCUT2D eigenvalue weighted by atomic mass is 16.5. The minimum atomic E-state index is -0.306. The van der Waals surface area contributed by atoms with Gasteiger partial charge in [-0.1, -0.05) is 6.42 Å². The van der Waals surface area contributed by atoms with Crippen molar-refractivity contribution in [2.45, 2.75) is 25.3 Å². The highest BCUT2D eigenvalue weighted by molar-refractivity contribution is 5.89. The molecule has 0 bridgehead atoms. The Kier molecular flexibility index (Phi) is 3.51. The van der Waals surface area contributed by atoms with Gasteiger partial charge in [0.2, 0.25) is 0 Å². The third kappa shape index (κ3) is 2.39. The second-order valence-electron chi connectivity index (χ2n) is 3.96. The summed E-state index contributed by atoms with van der Waals surface area (Å²) >= 11 is 0. The number of pyridine rings is 1. The van der Waals surface area contributed by atoms with Crippen molar-refractivity contribution >= 4 is 5.97 Å². The molecule has 1 saturated heterocycles. The van der Waals surface area contributed by atoms with Gasteiger partial charge in [-0.15, -0.1) is 0 Å². The van der Waals surface area contributed by atoms with E-state index in [4.69, 9.17) is 4.74 Å². The van der Waals surface area contributed by atoms with Gasteiger partial charge < -0.3 is 10.1 Å². The predicted molar refractivity (Wildman–Crippen MR) is 60.2 cm³/mol. The molecule has 0 spiro atoms. The third-order valence-corrected chi connectivity index (χ3v) is 2.87. The molecule has 0 aromatic carbocycles. The highest BCUT2D eigenvalue weighted by Gasteiger charge is 2.17. The van der Waals surface area contributed by atoms with E-state index >= 15 is 0 Å². The van der Waals surface area contributed by atoms with Crippen molar-refractivity contribution in [2.75, 3.05) is 13.7 Å². The first-order valence-electron chi connectivity index (χ1n) is 5.59. The van der Waals surface area contributed by atoms with Gasteiger partial charge in [-0.2, -0.15) is 0 Å². The van der Waals surface area contributed by atoms with Gasteiger partial charge in [-0.05, 0) is 31.5 Å². The summed E-state index contributed by atoms with van der Waals surface area (Å²) in [6.07, 6.45) is 5.17. The molecule has 2 rings (SSSR count). The fourth-order valence-electron chi connectivity index (χ4n) is 1.99. The first-order valence-corrected chi connectivity index (χ1v) is 5.59. The van der Waals surface area contributed by atoms with E-state index in [9.17, 15) is 4.79 Å². The van der Waals surface area contributed by atoms with Crippen LogP contribution in [0.1, 0.15) is 41.4 Å². The molecule has 4 nitrogen and oxygen atoms in total. The maximum absolute atomic E-state index is 11.4. The number of methoxy groups -OCH3 is 1. The first kappa shape index (κ1) is 11.1. The summed E-state index contributed by atoms with van der Waals surface area (Å²) in [6, 6.07) is 3.77. The molecule has 1 aromatic heterocycles. The van der Waals surface area contributed by atoms with Crippen molar-refractivity contribution in [3.05, 3.63) is 29.6 Å². The van der Waals surface area contributed by atoms with E-state index in [2.05, 4.69) is 10.3 Å². The highest BCUT2D eigenvalue weighted by Crippen LogP contribution is 2.21. The maximum atomic E-state index is 11.4. The number of carbonyl (C=O) groups is 1. The van der Waals surface area contributed by atoms with Gasteiger partial charge in [0.05, 0.1) is 18.4 Å². The summed E-state index contributed by atoms with van der Waals surface area (Å²) in [5, 5.41) is 3.40. The van der Waals surface area contributed by atoms with Crippen LogP contribution in [-0.4, -0.2) is 24.6 Å². The summed E-state index contributed by atoms with van der Waals surface area (Å²) < 4.78 is 4.69. The monoisotopic (exact) mass is 220 g/mol. The van der Waals surface area contributed by atoms with Gasteiger partial charge in [0.25, 0.3) is 0 Å². The molecule has 0 amide bonds. The molecule has 0 saturated carbocycles. The molecule has 1 fully saturated rings. The molecule has 2 heterocycles. The van der Waals surface area contributed by atoms with E-state index in [1.165, 1.54) is 20.0 Å². The molecule has 86 valence electrons. The molecular weight excluding hydrogens is 204 g/mol. The summed E-state index contributed by atoms with van der Waals surface area (Å²) in [5.74, 6) is -0.306. The van der Waals surface area contributed by atoms with Gasteiger partial charge in [-0.25, -0.2) is 4.79 Å². The fraction of sp³-hybridized carbons (Fsp3) is 0.500. The Morgan fingerprint density at radius 3 is 3.12 bits per heavy atom. The van der Waals surface area contributed by atoms with Crippen molar-refractivity contribution in [2.24, 2.45) is 0 Å². The van der Waals surface area contributed by atoms with Crippen LogP contribution in [0.4, 0.5) is 0 Å². The van der Waals surface area contributed by atoms with Crippen LogP contribution in [0.15, 0.2) is 18.3 Å². The second kappa shape index (κ2) is 5.07. The van der Waals surface area contributed by atoms with Crippen LogP contribution in [0, 0.1) is 0 Å². The Hall–Kier alpha value is -1.42. The molecule has 4 heteroatoms. The van der Waals surface area contributed by atoms with Gasteiger partial charge in [0, 0.05) is 12.2 Å². The molecule has 16 heavy (non-hydrogen) atoms. The number of aromatic nitrogens is 1. The van der Waals surface area contributed by atoms with E-state index in [0.29, 0.717) is 5.56 Å². The average molecular weight is 220 g/mol. The number of hydrogen-bond donors (Lipinski definition) is 1. The van der Waals surface area contributed by atoms with E-state index in [1.807, 2.05) is 6.07 Å². The summed E-state index contributed by atoms with van der Waals surface area (Å²) in [6.45, 7) is 1.02. The lowest BCUT2D eigenvalue weighted by atomic mass is 10.0. The van der Waals surface area contributed by atoms with E-state index in [0.717, 1.165) is 18.7 Å². The normalized spacial score (nSPS) is 20.4. The molecule has 1 atom stereocenters. The van der Waals surface area contributed by atoms with Crippen LogP contribution in [0.5, 0.6) is 0 Å². The number of rotatable bonds is 2. The smallest absolute Gasteiger partial charge is 0.337 e. The van der Waals surface area contributed by atoms with Gasteiger partial charge >= 0.3 is 5.97 Å². The van der Waals surface area contributed by atoms with E-state index in [1.54, 1.807) is 12.3 Å². The summed E-state index contributed by atoms with van der Waals surface area (Å²) in [5.41, 5.74) is 1.50. The lowest BCUT2D eigenvalue weighted by Gasteiger charge is -2.23. The van der Waals surface area contributed by atoms with Crippen molar-refractivity contribution in [1.82, 2.24) is 10.3 Å². The molecule has 0 unspecified atom stereocenters. The number of nitrogens with zero attached hydrogens (tertiary/aromatic N) is 1. The minimum Gasteiger partial charge on any atom is -0.465 e. The topological polar surface area (TPSA) is 51.2 Å². The quantitative estimate of drug-likeness (QED) is 0.770. The zero-order valence-corrected chi connectivity index (χ0v) is 9.40. The van der Waals surface area contributed by atoms with Crippen LogP contribution >= 0.6 is 0 Å². The van der Waals surface area contributed by atoms with E-state index < -0.39 is 0 Å². The van der Waals surface area contributed by atoms with Gasteiger partial charge in [-0.3, -0.25) is 4.98 Å². The minimum absolute atomic E-state index is 0.276. The lowest BCUT2D eigenvalue weighted by molar-refractivity contribution is 0.0600. The van der Waals surface area contributed by atoms with E-state index in [-0.39, 0.29) is 12.0 Å². The number of carbonyl (C=O) groups excluding carboxylic acids is 1. The molecular formula is C12H16N2O2. The Morgan fingerprint density at radius 1 is 1.56 bits per heavy atom. The summed E-state index contributed by atoms with van der Waals surface area (Å²) in [4.78, 5) is 15.7. The van der Waals surface area contributed by atoms with Crippen molar-refractivity contribution in [3.63, 3.8) is 0 Å². The molecule has 1 aromatic rings. The van der Waals surface area contributed by atoms with Crippen molar-refractivity contribution in [1.29, 1.82) is 0 Å². The Balaban J connectivity index is 2.17. The van der Waals surface area contributed by atoms with Crippen LogP contribution in [-0.2, 0) is 4.74 Å². The zero-order valence-electron chi connectivity index (χ0n) is 9.40. The second-order valence-corrected chi connectivity index (χ2v) is 3.96. The van der Waals surface area contributed by atoms with Gasteiger partial charge in [0.1, 0.15) is 0 Å². The molecule has 1 aliphatic rings. The Labute approximate surface area is 95.0 Å². The lowest BCUT2D eigenvalue weighted by Crippen LogP contribution is -2.27. The number of nitrogens with one attached hydrogen (secondary N) is 1. The first-order chi connectivity index (χ1) is 7.81. The zero-order chi connectivity index (χ0) is 11.4. The third-order valence-electron chi connectivity index (χ3n) is 2.87. The number of esters is 1. The van der Waals surface area contributed by atoms with Crippen LogP contribution < -0.4 is 5.32 Å². The number of piperidine rings is 1. The standard InChI is InChI=1S/C12H16N2O2/c1-16-12(15)9-5-7-14-11(8-9)10-4-2-3-6-13-10/h5,7-8,10,13H,2-4,6H2,1H3/t10-/m1/s1. The maximum Gasteiger partial charge on any atom is 0.337 e. The van der Waals surface area contributed by atoms with Crippen LogP contribution in [0.2, 0.25) is 0 Å². The summed E-state index contributed by atoms with van der Waals surface area (Å²) in [7, 11) is 1.39. The Bertz CT molecular complexity index is 373. The van der Waals surface area contributed by atoms with Gasteiger partial charge in [0.15, 0.2) is 0 Å². The SMILES string of the molecule is COC(=O)c1ccnc([C@H]2CCCCN2)c1. The molecule has 0 aliphatic carbocycles. The van der Waals surface area contributed by atoms with Crippen LogP contribution in [0.25, 0.3) is 0 Å². The van der Waals surface area contributed by atoms with Crippen molar-refractivity contribution in [3.8, 4) is 0 Å². The average Bonchev–Trinajstić information content (AvgIpc) is 2.39. The van der Waals surface area contributed by atoms with Crippen LogP contribution in [0.3, 0.4) is 0 Å². The number of hydrogen-bond acceptors (Lipinski definition) is 4. The Morgan fingerprint density at radius 2 is 2.44 bits per heavy atom. The largest absolute Gasteiger partial charge is 0.465 e. The fourth-order valence-corrected chi connectivity index (χ4v) is 1.99. The number of ether oxygens (including phenoxy) is 1. The molecule has 1 aliphatic heterocycles. The predicted octanol–water partition coefficient (Wildman–Crippen LogP) is 1.68. The van der Waals surface area contributed by atoms with Crippen molar-refractivity contribution < 1.29 is 9.53 Å².